The number of hydrogen-bond acceptors (Lipinski definition) is 4. The molecule has 0 aliphatic carbocycles. The van der Waals surface area contributed by atoms with Crippen LogP contribution in [-0.2, 0) is 0 Å². The molecule has 1 saturated heterocycles. The van der Waals surface area contributed by atoms with Gasteiger partial charge in [-0.05, 0) is 32.9 Å². The Hall–Kier alpha value is -1.95. The van der Waals surface area contributed by atoms with Crippen molar-refractivity contribution in [1.82, 2.24) is 24.8 Å². The first-order valence-electron chi connectivity index (χ1n) is 6.96. The summed E-state index contributed by atoms with van der Waals surface area (Å²) in [6, 6.07) is 2.26. The Morgan fingerprint density at radius 1 is 1.50 bits per heavy atom. The monoisotopic (exact) mass is 273 g/mol. The summed E-state index contributed by atoms with van der Waals surface area (Å²) in [6.07, 6.45) is 5.60. The molecule has 2 aromatic rings. The summed E-state index contributed by atoms with van der Waals surface area (Å²) in [4.78, 5) is 19.0. The number of hydrogen-bond donors (Lipinski definition) is 1. The molecule has 0 radical (unpaired) electrons. The number of carbonyl (C=O) groups is 1. The van der Waals surface area contributed by atoms with E-state index in [2.05, 4.69) is 15.4 Å². The second-order valence-corrected chi connectivity index (χ2v) is 5.27. The zero-order valence-electron chi connectivity index (χ0n) is 11.8. The van der Waals surface area contributed by atoms with Crippen LogP contribution in [0.3, 0.4) is 0 Å². The zero-order valence-corrected chi connectivity index (χ0v) is 11.8. The molecule has 3 rings (SSSR count). The van der Waals surface area contributed by atoms with Crippen LogP contribution in [0.2, 0.25) is 0 Å². The Bertz CT molecular complexity index is 636. The Balaban J connectivity index is 1.90. The lowest BCUT2D eigenvalue weighted by atomic mass is 10.1. The number of likely N-dealkylation sites (N-methyl/N-ethyl adjacent to an activating group) is 1. The van der Waals surface area contributed by atoms with Crippen molar-refractivity contribution in [2.75, 3.05) is 20.1 Å². The highest BCUT2D eigenvalue weighted by Crippen LogP contribution is 2.16. The third-order valence-electron chi connectivity index (χ3n) is 3.86. The van der Waals surface area contributed by atoms with Gasteiger partial charge in [-0.3, -0.25) is 4.79 Å². The van der Waals surface area contributed by atoms with Crippen LogP contribution in [0.15, 0.2) is 18.5 Å². The van der Waals surface area contributed by atoms with Gasteiger partial charge in [0.1, 0.15) is 5.56 Å². The van der Waals surface area contributed by atoms with E-state index in [1.807, 2.05) is 31.1 Å². The number of piperidine rings is 1. The molecule has 1 N–H and O–H groups in total. The van der Waals surface area contributed by atoms with E-state index < -0.39 is 0 Å². The fourth-order valence-electron chi connectivity index (χ4n) is 2.68. The normalized spacial score (nSPS) is 19.5. The lowest BCUT2D eigenvalue weighted by molar-refractivity contribution is 0.0700. The van der Waals surface area contributed by atoms with E-state index in [9.17, 15) is 4.79 Å². The van der Waals surface area contributed by atoms with Crippen molar-refractivity contribution in [3.8, 4) is 0 Å². The van der Waals surface area contributed by atoms with Crippen LogP contribution in [0.5, 0.6) is 0 Å². The van der Waals surface area contributed by atoms with Gasteiger partial charge in [-0.25, -0.2) is 9.50 Å². The smallest absolute Gasteiger partial charge is 0.259 e. The molecule has 0 saturated carbocycles. The summed E-state index contributed by atoms with van der Waals surface area (Å²) in [5, 5.41) is 7.46. The van der Waals surface area contributed by atoms with Crippen LogP contribution in [0, 0.1) is 6.92 Å². The molecule has 1 aliphatic heterocycles. The first kappa shape index (κ1) is 13.1. The van der Waals surface area contributed by atoms with Gasteiger partial charge < -0.3 is 10.2 Å². The van der Waals surface area contributed by atoms with Gasteiger partial charge in [-0.2, -0.15) is 5.10 Å². The number of likely N-dealkylation sites (tertiary alicyclic amines) is 1. The summed E-state index contributed by atoms with van der Waals surface area (Å²) < 4.78 is 1.65. The molecule has 2 aromatic heterocycles. The van der Waals surface area contributed by atoms with Gasteiger partial charge >= 0.3 is 0 Å². The Labute approximate surface area is 117 Å². The number of amides is 1. The summed E-state index contributed by atoms with van der Waals surface area (Å²) >= 11 is 0. The van der Waals surface area contributed by atoms with Crippen LogP contribution in [0.25, 0.3) is 5.65 Å². The maximum absolute atomic E-state index is 12.7. The molecule has 1 amide bonds. The number of fused-ring (bicyclic) bond motifs is 1. The van der Waals surface area contributed by atoms with E-state index in [0.29, 0.717) is 17.3 Å². The molecule has 1 aliphatic rings. The Morgan fingerprint density at radius 2 is 2.35 bits per heavy atom. The third-order valence-corrected chi connectivity index (χ3v) is 3.86. The third kappa shape index (κ3) is 2.27. The van der Waals surface area contributed by atoms with Crippen molar-refractivity contribution in [2.45, 2.75) is 25.8 Å². The lowest BCUT2D eigenvalue weighted by Crippen LogP contribution is -2.46. The summed E-state index contributed by atoms with van der Waals surface area (Å²) in [7, 11) is 1.94. The first-order chi connectivity index (χ1) is 9.69. The maximum atomic E-state index is 12.7. The fraction of sp³-hybridized carbons (Fsp3) is 0.500. The molecular weight excluding hydrogens is 254 g/mol. The topological polar surface area (TPSA) is 62.5 Å². The molecule has 6 nitrogen and oxygen atoms in total. The number of aryl methyl sites for hydroxylation is 1. The average Bonchev–Trinajstić information content (AvgIpc) is 2.89. The van der Waals surface area contributed by atoms with Gasteiger partial charge in [0.05, 0.1) is 6.20 Å². The number of carbonyl (C=O) groups excluding carboxylic acids is 1. The van der Waals surface area contributed by atoms with Gasteiger partial charge in [-0.1, -0.05) is 0 Å². The van der Waals surface area contributed by atoms with Gasteiger partial charge in [0.2, 0.25) is 0 Å². The summed E-state index contributed by atoms with van der Waals surface area (Å²) in [6.45, 7) is 3.47. The minimum absolute atomic E-state index is 0.0260. The fourth-order valence-corrected chi connectivity index (χ4v) is 2.68. The minimum atomic E-state index is 0.0260. The number of nitrogens with one attached hydrogen (secondary N) is 1. The molecule has 1 atom stereocenters. The van der Waals surface area contributed by atoms with Crippen LogP contribution in [0.1, 0.15) is 28.9 Å². The molecule has 0 bridgehead atoms. The molecular formula is C14H19N5O. The molecule has 3 heterocycles. The lowest BCUT2D eigenvalue weighted by Gasteiger charge is -2.32. The van der Waals surface area contributed by atoms with E-state index in [-0.39, 0.29) is 5.91 Å². The molecule has 106 valence electrons. The van der Waals surface area contributed by atoms with Crippen molar-refractivity contribution in [1.29, 1.82) is 0 Å². The summed E-state index contributed by atoms with van der Waals surface area (Å²) in [5.74, 6) is 0.0260. The molecule has 0 spiro atoms. The molecule has 20 heavy (non-hydrogen) atoms. The quantitative estimate of drug-likeness (QED) is 0.881. The highest BCUT2D eigenvalue weighted by atomic mass is 16.2. The second kappa shape index (κ2) is 5.20. The zero-order chi connectivity index (χ0) is 14.1. The van der Waals surface area contributed by atoms with Gasteiger partial charge in [-0.15, -0.1) is 0 Å². The van der Waals surface area contributed by atoms with Gasteiger partial charge in [0.15, 0.2) is 5.65 Å². The standard InChI is InChI=1S/C14H19N5O/c1-10-5-7-19-13(17-10)12(8-16-19)14(20)18-6-3-4-11(9-18)15-2/h5,7-8,11,15H,3-4,6,9H2,1-2H3. The van der Waals surface area contributed by atoms with E-state index >= 15 is 0 Å². The highest BCUT2D eigenvalue weighted by Gasteiger charge is 2.25. The van der Waals surface area contributed by atoms with Crippen molar-refractivity contribution < 1.29 is 4.79 Å². The molecule has 0 aromatic carbocycles. The van der Waals surface area contributed by atoms with Crippen molar-refractivity contribution in [3.05, 3.63) is 29.7 Å². The van der Waals surface area contributed by atoms with E-state index in [1.165, 1.54) is 0 Å². The maximum Gasteiger partial charge on any atom is 0.259 e. The highest BCUT2D eigenvalue weighted by molar-refractivity contribution is 5.99. The average molecular weight is 273 g/mol. The second-order valence-electron chi connectivity index (χ2n) is 5.27. The SMILES string of the molecule is CNC1CCCN(C(=O)c2cnn3ccc(C)nc23)C1. The largest absolute Gasteiger partial charge is 0.337 e. The predicted octanol–water partition coefficient (Wildman–Crippen LogP) is 0.862. The van der Waals surface area contributed by atoms with Crippen molar-refractivity contribution in [3.63, 3.8) is 0 Å². The van der Waals surface area contributed by atoms with E-state index in [4.69, 9.17) is 0 Å². The van der Waals surface area contributed by atoms with E-state index in [1.54, 1.807) is 10.7 Å². The number of aromatic nitrogens is 3. The van der Waals surface area contributed by atoms with Crippen LogP contribution >= 0.6 is 0 Å². The first-order valence-corrected chi connectivity index (χ1v) is 6.96. The number of rotatable bonds is 2. The minimum Gasteiger partial charge on any atom is -0.337 e. The predicted molar refractivity (Wildman–Crippen MR) is 75.7 cm³/mol. The Morgan fingerprint density at radius 3 is 3.15 bits per heavy atom. The van der Waals surface area contributed by atoms with Crippen LogP contribution in [0.4, 0.5) is 0 Å². The van der Waals surface area contributed by atoms with Crippen molar-refractivity contribution in [2.24, 2.45) is 0 Å². The molecule has 1 unspecified atom stereocenters. The summed E-state index contributed by atoms with van der Waals surface area (Å²) in [5.41, 5.74) is 2.12. The Kier molecular flexibility index (Phi) is 3.40. The van der Waals surface area contributed by atoms with Crippen LogP contribution < -0.4 is 5.32 Å². The van der Waals surface area contributed by atoms with Crippen LogP contribution in [-0.4, -0.2) is 51.6 Å². The number of nitrogens with zero attached hydrogens (tertiary/aromatic N) is 4. The van der Waals surface area contributed by atoms with Gasteiger partial charge in [0.25, 0.3) is 5.91 Å². The molecule has 6 heteroatoms. The van der Waals surface area contributed by atoms with Crippen molar-refractivity contribution >= 4 is 11.6 Å². The van der Waals surface area contributed by atoms with Gasteiger partial charge in [0, 0.05) is 31.0 Å². The van der Waals surface area contributed by atoms with E-state index in [0.717, 1.165) is 31.6 Å². The molecule has 1 fully saturated rings.